The van der Waals surface area contributed by atoms with E-state index in [1.165, 1.54) is 49.7 Å². The first-order valence-electron chi connectivity index (χ1n) is 7.04. The third kappa shape index (κ3) is 3.82. The van der Waals surface area contributed by atoms with E-state index in [-0.39, 0.29) is 0 Å². The van der Waals surface area contributed by atoms with Crippen LogP contribution in [-0.4, -0.2) is 6.04 Å². The van der Waals surface area contributed by atoms with E-state index in [1.54, 1.807) is 0 Å². The van der Waals surface area contributed by atoms with Crippen LogP contribution in [0.25, 0.3) is 0 Å². The van der Waals surface area contributed by atoms with Gasteiger partial charge in [0.1, 0.15) is 0 Å². The van der Waals surface area contributed by atoms with Gasteiger partial charge in [0, 0.05) is 12.6 Å². The van der Waals surface area contributed by atoms with Crippen molar-refractivity contribution in [2.75, 3.05) is 0 Å². The molecule has 17 heavy (non-hydrogen) atoms. The maximum Gasteiger partial charge on any atom is 0.0218 e. The summed E-state index contributed by atoms with van der Waals surface area (Å²) in [6.45, 7) is 5.62. The maximum atomic E-state index is 3.76. The average Bonchev–Trinajstić information content (AvgIpc) is 2.63. The lowest BCUT2D eigenvalue weighted by Crippen LogP contribution is -2.28. The molecule has 0 aromatic carbocycles. The van der Waals surface area contributed by atoms with Gasteiger partial charge < -0.3 is 5.32 Å². The summed E-state index contributed by atoms with van der Waals surface area (Å²) >= 11 is 1.82. The molecule has 0 aliphatic heterocycles. The molecule has 1 saturated carbocycles. The van der Waals surface area contributed by atoms with Crippen LogP contribution in [0.2, 0.25) is 0 Å². The van der Waals surface area contributed by atoms with Crippen molar-refractivity contribution in [1.82, 2.24) is 5.32 Å². The summed E-state index contributed by atoms with van der Waals surface area (Å²) in [7, 11) is 0. The highest BCUT2D eigenvalue weighted by molar-refractivity contribution is 7.08. The fourth-order valence-electron chi connectivity index (χ4n) is 2.81. The van der Waals surface area contributed by atoms with Gasteiger partial charge in [-0.2, -0.15) is 11.3 Å². The van der Waals surface area contributed by atoms with Crippen molar-refractivity contribution in [3.05, 3.63) is 21.9 Å². The highest BCUT2D eigenvalue weighted by atomic mass is 32.1. The monoisotopic (exact) mass is 251 g/mol. The molecule has 1 heterocycles. The lowest BCUT2D eigenvalue weighted by Gasteiger charge is -2.16. The lowest BCUT2D eigenvalue weighted by atomic mass is 9.98. The first kappa shape index (κ1) is 13.1. The van der Waals surface area contributed by atoms with Gasteiger partial charge in [0.05, 0.1) is 0 Å². The molecule has 1 nitrogen and oxygen atoms in total. The third-order valence-corrected chi connectivity index (χ3v) is 5.12. The van der Waals surface area contributed by atoms with Gasteiger partial charge in [0.2, 0.25) is 0 Å². The number of thiophene rings is 1. The van der Waals surface area contributed by atoms with E-state index in [0.29, 0.717) is 0 Å². The first-order valence-corrected chi connectivity index (χ1v) is 7.99. The van der Waals surface area contributed by atoms with Gasteiger partial charge in [-0.3, -0.25) is 0 Å². The number of rotatable bonds is 4. The number of aryl methyl sites for hydroxylation is 1. The van der Waals surface area contributed by atoms with Crippen molar-refractivity contribution >= 4 is 11.3 Å². The molecule has 1 aliphatic carbocycles. The van der Waals surface area contributed by atoms with Gasteiger partial charge in [0.25, 0.3) is 0 Å². The van der Waals surface area contributed by atoms with E-state index >= 15 is 0 Å². The molecule has 0 spiro atoms. The summed E-state index contributed by atoms with van der Waals surface area (Å²) in [5.74, 6) is 0.990. The molecule has 1 aromatic rings. The van der Waals surface area contributed by atoms with Gasteiger partial charge in [-0.25, -0.2) is 0 Å². The summed E-state index contributed by atoms with van der Waals surface area (Å²) in [4.78, 5) is 0. The Morgan fingerprint density at radius 2 is 2.12 bits per heavy atom. The minimum atomic E-state index is 0.755. The van der Waals surface area contributed by atoms with Crippen molar-refractivity contribution in [3.63, 3.8) is 0 Å². The molecular weight excluding hydrogens is 226 g/mol. The van der Waals surface area contributed by atoms with Crippen LogP contribution in [0.4, 0.5) is 0 Å². The summed E-state index contributed by atoms with van der Waals surface area (Å²) in [5.41, 5.74) is 2.94. The Bertz CT molecular complexity index is 331. The Morgan fingerprint density at radius 1 is 1.24 bits per heavy atom. The van der Waals surface area contributed by atoms with Crippen LogP contribution >= 0.6 is 11.3 Å². The van der Waals surface area contributed by atoms with Crippen LogP contribution in [-0.2, 0) is 6.54 Å². The zero-order valence-electron chi connectivity index (χ0n) is 11.2. The normalized spacial score (nSPS) is 25.8. The van der Waals surface area contributed by atoms with Gasteiger partial charge in [-0.1, -0.05) is 26.2 Å². The van der Waals surface area contributed by atoms with Crippen LogP contribution in [0.1, 0.15) is 56.6 Å². The molecule has 0 amide bonds. The Labute approximate surface area is 110 Å². The summed E-state index contributed by atoms with van der Waals surface area (Å²) in [6.07, 6.45) is 8.42. The molecule has 1 aliphatic rings. The largest absolute Gasteiger partial charge is 0.310 e. The average molecular weight is 251 g/mol. The Balaban J connectivity index is 1.78. The second-order valence-corrected chi connectivity index (χ2v) is 6.18. The van der Waals surface area contributed by atoms with Gasteiger partial charge in [-0.15, -0.1) is 0 Å². The van der Waals surface area contributed by atoms with Gasteiger partial charge in [0.15, 0.2) is 0 Å². The zero-order valence-corrected chi connectivity index (χ0v) is 12.0. The SMILES string of the molecule is CCC1CCCC(NCc2cscc2C)CC1. The maximum absolute atomic E-state index is 3.76. The highest BCUT2D eigenvalue weighted by Gasteiger charge is 2.17. The standard InChI is InChI=1S/C15H25NS/c1-3-13-5-4-6-15(8-7-13)16-9-14-11-17-10-12(14)2/h10-11,13,15-16H,3-9H2,1-2H3. The predicted molar refractivity (Wildman–Crippen MR) is 76.5 cm³/mol. The zero-order chi connectivity index (χ0) is 12.1. The topological polar surface area (TPSA) is 12.0 Å². The highest BCUT2D eigenvalue weighted by Crippen LogP contribution is 2.25. The summed E-state index contributed by atoms with van der Waals surface area (Å²) in [6, 6.07) is 0.755. The third-order valence-electron chi connectivity index (χ3n) is 4.21. The number of hydrogen-bond acceptors (Lipinski definition) is 2. The Hall–Kier alpha value is -0.340. The minimum Gasteiger partial charge on any atom is -0.310 e. The molecule has 1 fully saturated rings. The molecule has 96 valence electrons. The van der Waals surface area contributed by atoms with Crippen LogP contribution in [0, 0.1) is 12.8 Å². The van der Waals surface area contributed by atoms with Crippen molar-refractivity contribution in [3.8, 4) is 0 Å². The molecular formula is C15H25NS. The van der Waals surface area contributed by atoms with Crippen molar-refractivity contribution in [2.45, 2.75) is 65.0 Å². The summed E-state index contributed by atoms with van der Waals surface area (Å²) < 4.78 is 0. The molecule has 0 saturated heterocycles. The van der Waals surface area contributed by atoms with Crippen LogP contribution in [0.3, 0.4) is 0 Å². The van der Waals surface area contributed by atoms with Crippen molar-refractivity contribution in [2.24, 2.45) is 5.92 Å². The molecule has 0 bridgehead atoms. The molecule has 1 N–H and O–H groups in total. The fourth-order valence-corrected chi connectivity index (χ4v) is 3.67. The molecule has 2 unspecified atom stereocenters. The smallest absolute Gasteiger partial charge is 0.0218 e. The number of nitrogens with one attached hydrogen (secondary N) is 1. The molecule has 2 heteroatoms. The summed E-state index contributed by atoms with van der Waals surface area (Å²) in [5, 5.41) is 8.29. The van der Waals surface area contributed by atoms with E-state index in [2.05, 4.69) is 29.9 Å². The second kappa shape index (κ2) is 6.55. The van der Waals surface area contributed by atoms with E-state index in [4.69, 9.17) is 0 Å². The lowest BCUT2D eigenvalue weighted by molar-refractivity contribution is 0.425. The van der Waals surface area contributed by atoms with Gasteiger partial charge >= 0.3 is 0 Å². The van der Waals surface area contributed by atoms with E-state index in [9.17, 15) is 0 Å². The molecule has 2 atom stereocenters. The number of hydrogen-bond donors (Lipinski definition) is 1. The van der Waals surface area contributed by atoms with Crippen LogP contribution in [0.15, 0.2) is 10.8 Å². The van der Waals surface area contributed by atoms with Crippen molar-refractivity contribution < 1.29 is 0 Å². The minimum absolute atomic E-state index is 0.755. The Kier molecular flexibility index (Phi) is 5.05. The Morgan fingerprint density at radius 3 is 2.82 bits per heavy atom. The van der Waals surface area contributed by atoms with E-state index in [0.717, 1.165) is 18.5 Å². The van der Waals surface area contributed by atoms with E-state index < -0.39 is 0 Å². The van der Waals surface area contributed by atoms with Gasteiger partial charge in [-0.05, 0) is 54.0 Å². The van der Waals surface area contributed by atoms with Crippen LogP contribution < -0.4 is 5.32 Å². The fraction of sp³-hybridized carbons (Fsp3) is 0.733. The first-order chi connectivity index (χ1) is 8.29. The molecule has 1 aromatic heterocycles. The second-order valence-electron chi connectivity index (χ2n) is 5.44. The van der Waals surface area contributed by atoms with Crippen LogP contribution in [0.5, 0.6) is 0 Å². The van der Waals surface area contributed by atoms with E-state index in [1.807, 2.05) is 11.3 Å². The molecule has 2 rings (SSSR count). The quantitative estimate of drug-likeness (QED) is 0.777. The molecule has 0 radical (unpaired) electrons. The van der Waals surface area contributed by atoms with Crippen molar-refractivity contribution in [1.29, 1.82) is 0 Å². The predicted octanol–water partition coefficient (Wildman–Crippen LogP) is 4.51.